The van der Waals surface area contributed by atoms with Crippen LogP contribution in [0, 0.1) is 27.7 Å². The quantitative estimate of drug-likeness (QED) is 0.162. The lowest BCUT2D eigenvalue weighted by Crippen LogP contribution is -2.61. The average Bonchev–Trinajstić information content (AvgIpc) is 3.17. The Labute approximate surface area is 346 Å². The van der Waals surface area contributed by atoms with Crippen molar-refractivity contribution in [2.24, 2.45) is 0 Å². The Bertz CT molecular complexity index is 2550. The summed E-state index contributed by atoms with van der Waals surface area (Å²) in [4.78, 5) is 7.57. The molecule has 0 spiro atoms. The predicted molar refractivity (Wildman–Crippen MR) is 251 cm³/mol. The highest BCUT2D eigenvalue weighted by molar-refractivity contribution is 7.00. The van der Waals surface area contributed by atoms with Gasteiger partial charge in [-0.05, 0) is 161 Å². The van der Waals surface area contributed by atoms with Gasteiger partial charge in [0.25, 0.3) is 6.71 Å². The lowest BCUT2D eigenvalue weighted by atomic mass is 9.33. The maximum absolute atomic E-state index is 2.54. The molecule has 0 atom stereocenters. The third-order valence-corrected chi connectivity index (χ3v) is 12.1. The maximum atomic E-state index is 2.54. The van der Waals surface area contributed by atoms with E-state index in [0.29, 0.717) is 0 Å². The number of hydrogen-bond acceptors (Lipinski definition) is 3. The number of aryl methyl sites for hydroxylation is 4. The highest BCUT2D eigenvalue weighted by Gasteiger charge is 2.44. The topological polar surface area (TPSA) is 9.72 Å². The van der Waals surface area contributed by atoms with Gasteiger partial charge in [0.05, 0.1) is 5.69 Å². The Morgan fingerprint density at radius 2 is 0.810 bits per heavy atom. The molecule has 0 saturated carbocycles. The molecule has 2 aliphatic heterocycles. The van der Waals surface area contributed by atoms with Crippen molar-refractivity contribution in [2.75, 3.05) is 14.7 Å². The van der Waals surface area contributed by atoms with E-state index in [1.165, 1.54) is 72.5 Å². The molecular weight excluding hydrogens is 701 g/mol. The van der Waals surface area contributed by atoms with Crippen LogP contribution in [0.15, 0.2) is 146 Å². The molecule has 7 aromatic rings. The molecule has 58 heavy (non-hydrogen) atoms. The molecule has 0 unspecified atom stereocenters. The first kappa shape index (κ1) is 37.6. The molecule has 0 fully saturated rings. The Balaban J connectivity index is 1.43. The van der Waals surface area contributed by atoms with E-state index in [9.17, 15) is 0 Å². The number of fused-ring (bicyclic) bond motifs is 4. The fourth-order valence-corrected chi connectivity index (χ4v) is 9.09. The van der Waals surface area contributed by atoms with Gasteiger partial charge in [0.15, 0.2) is 0 Å². The zero-order chi connectivity index (χ0) is 40.7. The molecule has 9 rings (SSSR count). The first-order chi connectivity index (χ1) is 27.7. The second-order valence-electron chi connectivity index (χ2n) is 18.7. The minimum Gasteiger partial charge on any atom is -0.311 e. The van der Waals surface area contributed by atoms with Gasteiger partial charge in [0, 0.05) is 45.5 Å². The Hall–Kier alpha value is -6.00. The fraction of sp³-hybridized carbons (Fsp3) is 0.222. The SMILES string of the molecule is Cc1cccc(N2c3cc(C)ccc3B3c4ccc(C)cc4N(c4cccc(C)c4)c4cc(N(c5cccc(C(C)(C)C)c5)c5cccc(C(C)(C)C)c5)cc2c43)c1. The lowest BCUT2D eigenvalue weighted by molar-refractivity contribution is 0.590. The van der Waals surface area contributed by atoms with Gasteiger partial charge in [-0.25, -0.2) is 0 Å². The first-order valence-electron chi connectivity index (χ1n) is 20.8. The molecule has 0 saturated heterocycles. The normalized spacial score (nSPS) is 13.2. The fourth-order valence-electron chi connectivity index (χ4n) is 9.09. The van der Waals surface area contributed by atoms with Crippen molar-refractivity contribution >= 4 is 74.3 Å². The summed E-state index contributed by atoms with van der Waals surface area (Å²) in [5.74, 6) is 0. The van der Waals surface area contributed by atoms with E-state index in [2.05, 4.69) is 230 Å². The minimum atomic E-state index is -0.0168. The van der Waals surface area contributed by atoms with Crippen LogP contribution in [0.1, 0.15) is 74.9 Å². The van der Waals surface area contributed by atoms with Crippen molar-refractivity contribution < 1.29 is 0 Å². The molecular formula is C54H54BN3. The van der Waals surface area contributed by atoms with Crippen molar-refractivity contribution in [3.05, 3.63) is 179 Å². The number of rotatable bonds is 5. The molecule has 0 radical (unpaired) electrons. The molecule has 0 N–H and O–H groups in total. The summed E-state index contributed by atoms with van der Waals surface area (Å²) in [6, 6.07) is 55.4. The van der Waals surface area contributed by atoms with Crippen molar-refractivity contribution in [1.82, 2.24) is 0 Å². The summed E-state index contributed by atoms with van der Waals surface area (Å²) < 4.78 is 0. The summed E-state index contributed by atoms with van der Waals surface area (Å²) in [6.07, 6.45) is 0. The summed E-state index contributed by atoms with van der Waals surface area (Å²) in [7, 11) is 0. The molecule has 3 nitrogen and oxygen atoms in total. The summed E-state index contributed by atoms with van der Waals surface area (Å²) in [6.45, 7) is 22.7. The van der Waals surface area contributed by atoms with E-state index in [0.717, 1.165) is 28.4 Å². The zero-order valence-corrected chi connectivity index (χ0v) is 35.8. The van der Waals surface area contributed by atoms with Gasteiger partial charge in [-0.1, -0.05) is 114 Å². The van der Waals surface area contributed by atoms with Crippen molar-refractivity contribution in [2.45, 2.75) is 80.1 Å². The van der Waals surface area contributed by atoms with E-state index >= 15 is 0 Å². The van der Waals surface area contributed by atoms with Crippen LogP contribution in [0.2, 0.25) is 0 Å². The third kappa shape index (κ3) is 6.49. The minimum absolute atomic E-state index is 0.0168. The van der Waals surface area contributed by atoms with Crippen molar-refractivity contribution in [3.8, 4) is 0 Å². The second kappa shape index (κ2) is 13.8. The van der Waals surface area contributed by atoms with Crippen LogP contribution in [0.5, 0.6) is 0 Å². The van der Waals surface area contributed by atoms with E-state index < -0.39 is 0 Å². The molecule has 0 bridgehead atoms. The summed E-state index contributed by atoms with van der Waals surface area (Å²) >= 11 is 0. The van der Waals surface area contributed by atoms with Crippen LogP contribution in [-0.4, -0.2) is 6.71 Å². The molecule has 0 aliphatic carbocycles. The maximum Gasteiger partial charge on any atom is 0.252 e. The van der Waals surface area contributed by atoms with Gasteiger partial charge >= 0.3 is 0 Å². The number of anilines is 9. The van der Waals surface area contributed by atoms with Gasteiger partial charge in [-0.3, -0.25) is 0 Å². The molecule has 2 heterocycles. The summed E-state index contributed by atoms with van der Waals surface area (Å²) in [5, 5.41) is 0. The molecule has 0 amide bonds. The van der Waals surface area contributed by atoms with Gasteiger partial charge < -0.3 is 14.7 Å². The van der Waals surface area contributed by atoms with Gasteiger partial charge in [0.1, 0.15) is 0 Å². The van der Waals surface area contributed by atoms with E-state index in [4.69, 9.17) is 0 Å². The molecule has 4 heteroatoms. The smallest absolute Gasteiger partial charge is 0.252 e. The third-order valence-electron chi connectivity index (χ3n) is 12.1. The zero-order valence-electron chi connectivity index (χ0n) is 35.8. The van der Waals surface area contributed by atoms with E-state index in [-0.39, 0.29) is 17.5 Å². The summed E-state index contributed by atoms with van der Waals surface area (Å²) in [5.41, 5.74) is 22.1. The first-order valence-corrected chi connectivity index (χ1v) is 20.8. The Morgan fingerprint density at radius 1 is 0.397 bits per heavy atom. The number of benzene rings is 7. The molecule has 0 aromatic heterocycles. The Kier molecular flexibility index (Phi) is 8.96. The van der Waals surface area contributed by atoms with Crippen LogP contribution < -0.4 is 31.1 Å². The van der Waals surface area contributed by atoms with Gasteiger partial charge in [-0.2, -0.15) is 0 Å². The van der Waals surface area contributed by atoms with E-state index in [1.807, 2.05) is 0 Å². The predicted octanol–water partition coefficient (Wildman–Crippen LogP) is 13.1. The van der Waals surface area contributed by atoms with E-state index in [1.54, 1.807) is 0 Å². The van der Waals surface area contributed by atoms with Crippen LogP contribution in [0.25, 0.3) is 0 Å². The average molecular weight is 756 g/mol. The molecule has 2 aliphatic rings. The molecule has 288 valence electrons. The van der Waals surface area contributed by atoms with Crippen LogP contribution >= 0.6 is 0 Å². The lowest BCUT2D eigenvalue weighted by Gasteiger charge is -2.45. The van der Waals surface area contributed by atoms with Crippen molar-refractivity contribution in [3.63, 3.8) is 0 Å². The molecule has 7 aromatic carbocycles. The highest BCUT2D eigenvalue weighted by atomic mass is 15.2. The van der Waals surface area contributed by atoms with Gasteiger partial charge in [-0.15, -0.1) is 0 Å². The van der Waals surface area contributed by atoms with Crippen molar-refractivity contribution in [1.29, 1.82) is 0 Å². The largest absolute Gasteiger partial charge is 0.311 e. The van der Waals surface area contributed by atoms with Crippen LogP contribution in [-0.2, 0) is 10.8 Å². The van der Waals surface area contributed by atoms with Gasteiger partial charge in [0.2, 0.25) is 0 Å². The number of hydrogen-bond donors (Lipinski definition) is 0. The van der Waals surface area contributed by atoms with Crippen LogP contribution in [0.4, 0.5) is 51.2 Å². The number of nitrogens with zero attached hydrogens (tertiary/aromatic N) is 3. The van der Waals surface area contributed by atoms with Crippen LogP contribution in [0.3, 0.4) is 0 Å². The standard InChI is InChI=1S/C54H54BN3/c1-35-15-11-19-41(27-35)57-48-29-37(3)23-25-46(48)55-47-26-24-38(4)30-49(47)58(42-20-12-16-36(2)28-42)51-34-45(33-50(57)52(51)55)56(43-21-13-17-39(31-43)53(5,6)7)44-22-14-18-40(32-44)54(8,9)10/h11-34H,1-10H3. The Morgan fingerprint density at radius 3 is 1.22 bits per heavy atom. The monoisotopic (exact) mass is 755 g/mol. The highest BCUT2D eigenvalue weighted by Crippen LogP contribution is 2.49. The second-order valence-corrected chi connectivity index (χ2v) is 18.7.